The lowest BCUT2D eigenvalue weighted by atomic mass is 10.1. The molecule has 156 valence electrons. The number of hydrogen-bond acceptors (Lipinski definition) is 5. The van der Waals surface area contributed by atoms with Crippen molar-refractivity contribution >= 4 is 5.69 Å². The molecule has 0 bridgehead atoms. The van der Waals surface area contributed by atoms with Gasteiger partial charge >= 0.3 is 0 Å². The minimum Gasteiger partial charge on any atom is -0.497 e. The average molecular weight is 412 g/mol. The van der Waals surface area contributed by atoms with Crippen LogP contribution in [0.4, 0.5) is 5.69 Å². The number of ether oxygens (including phenoxy) is 3. The molecule has 0 aliphatic carbocycles. The van der Waals surface area contributed by atoms with Gasteiger partial charge in [0.25, 0.3) is 0 Å². The smallest absolute Gasteiger partial charge is 0.225 e. The highest BCUT2D eigenvalue weighted by molar-refractivity contribution is 5.73. The standard InChI is InChI=1S/C26H24N2O3/c1-29-23-15-21(14-22(27)16-23)24-12-13-25(30-17-19-8-4-2-5-9-19)28-26(24)31-18-20-10-6-3-7-11-20/h2-16H,17-18,27H2,1H3. The van der Waals surface area contributed by atoms with E-state index in [4.69, 9.17) is 19.9 Å². The summed E-state index contributed by atoms with van der Waals surface area (Å²) in [7, 11) is 1.62. The summed E-state index contributed by atoms with van der Waals surface area (Å²) < 4.78 is 17.4. The van der Waals surface area contributed by atoms with Crippen LogP contribution >= 0.6 is 0 Å². The maximum absolute atomic E-state index is 6.11. The molecule has 0 aliphatic rings. The number of nitrogen functional groups attached to an aromatic ring is 1. The van der Waals surface area contributed by atoms with Gasteiger partial charge in [-0.2, -0.15) is 4.98 Å². The van der Waals surface area contributed by atoms with Gasteiger partial charge in [-0.15, -0.1) is 0 Å². The van der Waals surface area contributed by atoms with E-state index in [0.29, 0.717) is 36.4 Å². The van der Waals surface area contributed by atoms with Gasteiger partial charge in [0, 0.05) is 23.4 Å². The van der Waals surface area contributed by atoms with Crippen LogP contribution in [0.5, 0.6) is 17.5 Å². The number of methoxy groups -OCH3 is 1. The highest BCUT2D eigenvalue weighted by Crippen LogP contribution is 2.34. The summed E-state index contributed by atoms with van der Waals surface area (Å²) in [4.78, 5) is 4.64. The van der Waals surface area contributed by atoms with Crippen molar-refractivity contribution in [1.82, 2.24) is 4.98 Å². The fraction of sp³-hybridized carbons (Fsp3) is 0.115. The van der Waals surface area contributed by atoms with Gasteiger partial charge in [0.1, 0.15) is 19.0 Å². The van der Waals surface area contributed by atoms with E-state index in [1.165, 1.54) is 0 Å². The first kappa shape index (κ1) is 20.3. The number of pyridine rings is 1. The van der Waals surface area contributed by atoms with Gasteiger partial charge in [0.05, 0.1) is 7.11 Å². The van der Waals surface area contributed by atoms with Crippen molar-refractivity contribution in [2.75, 3.05) is 12.8 Å². The molecule has 0 fully saturated rings. The van der Waals surface area contributed by atoms with Crippen LogP contribution in [0.15, 0.2) is 91.0 Å². The monoisotopic (exact) mass is 412 g/mol. The van der Waals surface area contributed by atoms with E-state index in [-0.39, 0.29) is 0 Å². The molecule has 0 saturated carbocycles. The third-order valence-electron chi connectivity index (χ3n) is 4.76. The van der Waals surface area contributed by atoms with Gasteiger partial charge in [-0.05, 0) is 34.9 Å². The fourth-order valence-electron chi connectivity index (χ4n) is 3.19. The molecule has 5 heteroatoms. The number of nitrogens with two attached hydrogens (primary N) is 1. The van der Waals surface area contributed by atoms with Gasteiger partial charge < -0.3 is 19.9 Å². The van der Waals surface area contributed by atoms with Crippen molar-refractivity contribution in [3.05, 3.63) is 102 Å². The molecule has 5 nitrogen and oxygen atoms in total. The second kappa shape index (κ2) is 9.67. The predicted octanol–water partition coefficient (Wildman–Crippen LogP) is 5.50. The molecule has 0 spiro atoms. The molecule has 1 aromatic heterocycles. The van der Waals surface area contributed by atoms with Crippen LogP contribution < -0.4 is 19.9 Å². The summed E-state index contributed by atoms with van der Waals surface area (Å²) in [5.74, 6) is 1.64. The number of aromatic nitrogens is 1. The molecule has 0 atom stereocenters. The van der Waals surface area contributed by atoms with Crippen LogP contribution in [0.3, 0.4) is 0 Å². The molecule has 0 aliphatic heterocycles. The third kappa shape index (κ3) is 5.34. The van der Waals surface area contributed by atoms with E-state index in [1.54, 1.807) is 13.2 Å². The van der Waals surface area contributed by atoms with E-state index < -0.39 is 0 Å². The van der Waals surface area contributed by atoms with Gasteiger partial charge in [-0.1, -0.05) is 60.7 Å². The SMILES string of the molecule is COc1cc(N)cc(-c2ccc(OCc3ccccc3)nc2OCc2ccccc2)c1. The van der Waals surface area contributed by atoms with Gasteiger partial charge in [0.15, 0.2) is 0 Å². The summed E-state index contributed by atoms with van der Waals surface area (Å²) >= 11 is 0. The molecule has 0 unspecified atom stereocenters. The zero-order valence-corrected chi connectivity index (χ0v) is 17.3. The third-order valence-corrected chi connectivity index (χ3v) is 4.76. The fourth-order valence-corrected chi connectivity index (χ4v) is 3.19. The lowest BCUT2D eigenvalue weighted by Gasteiger charge is -2.14. The first-order valence-corrected chi connectivity index (χ1v) is 10.0. The largest absolute Gasteiger partial charge is 0.497 e. The Hall–Kier alpha value is -3.99. The second-order valence-corrected chi connectivity index (χ2v) is 7.05. The van der Waals surface area contributed by atoms with E-state index in [0.717, 1.165) is 22.3 Å². The molecule has 4 rings (SSSR count). The first-order valence-electron chi connectivity index (χ1n) is 10.0. The van der Waals surface area contributed by atoms with Crippen molar-refractivity contribution in [3.8, 4) is 28.6 Å². The van der Waals surface area contributed by atoms with Gasteiger partial charge in [0.2, 0.25) is 11.8 Å². The Balaban J connectivity index is 1.63. The maximum Gasteiger partial charge on any atom is 0.225 e. The number of benzene rings is 3. The van der Waals surface area contributed by atoms with Crippen molar-refractivity contribution in [2.24, 2.45) is 0 Å². The summed E-state index contributed by atoms with van der Waals surface area (Å²) in [6.07, 6.45) is 0. The first-order chi connectivity index (χ1) is 15.2. The van der Waals surface area contributed by atoms with Crippen LogP contribution in [0.25, 0.3) is 11.1 Å². The molecule has 31 heavy (non-hydrogen) atoms. The van der Waals surface area contributed by atoms with Crippen molar-refractivity contribution in [2.45, 2.75) is 13.2 Å². The lowest BCUT2D eigenvalue weighted by Crippen LogP contribution is -2.02. The lowest BCUT2D eigenvalue weighted by molar-refractivity contribution is 0.268. The predicted molar refractivity (Wildman–Crippen MR) is 122 cm³/mol. The topological polar surface area (TPSA) is 66.6 Å². The summed E-state index contributed by atoms with van der Waals surface area (Å²) in [5.41, 5.74) is 10.5. The molecule has 0 saturated heterocycles. The molecule has 1 heterocycles. The number of nitrogens with zero attached hydrogens (tertiary/aromatic N) is 1. The van der Waals surface area contributed by atoms with Crippen molar-refractivity contribution < 1.29 is 14.2 Å². The number of anilines is 1. The van der Waals surface area contributed by atoms with Crippen LogP contribution in [-0.2, 0) is 13.2 Å². The highest BCUT2D eigenvalue weighted by atomic mass is 16.5. The second-order valence-electron chi connectivity index (χ2n) is 7.05. The van der Waals surface area contributed by atoms with Gasteiger partial charge in [-0.3, -0.25) is 0 Å². The van der Waals surface area contributed by atoms with E-state index in [2.05, 4.69) is 4.98 Å². The van der Waals surface area contributed by atoms with Crippen LogP contribution in [0, 0.1) is 0 Å². The normalized spacial score (nSPS) is 10.5. The Morgan fingerprint density at radius 2 is 1.39 bits per heavy atom. The Kier molecular flexibility index (Phi) is 6.33. The van der Waals surface area contributed by atoms with Crippen LogP contribution in [0.1, 0.15) is 11.1 Å². The summed E-state index contributed by atoms with van der Waals surface area (Å²) in [6, 6.07) is 29.3. The Morgan fingerprint density at radius 3 is 2.03 bits per heavy atom. The quantitative estimate of drug-likeness (QED) is 0.387. The minimum absolute atomic E-state index is 0.391. The molecule has 2 N–H and O–H groups in total. The minimum atomic E-state index is 0.391. The molecular weight excluding hydrogens is 388 g/mol. The maximum atomic E-state index is 6.11. The zero-order valence-electron chi connectivity index (χ0n) is 17.3. The molecule has 0 radical (unpaired) electrons. The van der Waals surface area contributed by atoms with E-state index in [1.807, 2.05) is 84.9 Å². The van der Waals surface area contributed by atoms with Crippen LogP contribution in [0.2, 0.25) is 0 Å². The Bertz CT molecular complexity index is 1130. The molecule has 0 amide bonds. The molecular formula is C26H24N2O3. The number of rotatable bonds is 8. The van der Waals surface area contributed by atoms with Crippen molar-refractivity contribution in [3.63, 3.8) is 0 Å². The zero-order chi connectivity index (χ0) is 21.5. The summed E-state index contributed by atoms with van der Waals surface area (Å²) in [5, 5.41) is 0. The van der Waals surface area contributed by atoms with Gasteiger partial charge in [-0.25, -0.2) is 0 Å². The van der Waals surface area contributed by atoms with E-state index in [9.17, 15) is 0 Å². The molecule has 3 aromatic carbocycles. The van der Waals surface area contributed by atoms with Crippen LogP contribution in [-0.4, -0.2) is 12.1 Å². The Labute approximate surface area is 182 Å². The molecule has 4 aromatic rings. The Morgan fingerprint density at radius 1 is 0.742 bits per heavy atom. The van der Waals surface area contributed by atoms with E-state index >= 15 is 0 Å². The van der Waals surface area contributed by atoms with Crippen molar-refractivity contribution in [1.29, 1.82) is 0 Å². The summed E-state index contributed by atoms with van der Waals surface area (Å²) in [6.45, 7) is 0.819. The average Bonchev–Trinajstić information content (AvgIpc) is 2.82. The number of hydrogen-bond donors (Lipinski definition) is 1. The highest BCUT2D eigenvalue weighted by Gasteiger charge is 2.13.